The normalized spacial score (nSPS) is 17.2. The molecule has 0 saturated heterocycles. The van der Waals surface area contributed by atoms with Gasteiger partial charge in [0.25, 0.3) is 0 Å². The first-order chi connectivity index (χ1) is 8.25. The predicted molar refractivity (Wildman–Crippen MR) is 82.3 cm³/mol. The molecule has 0 aliphatic carbocycles. The summed E-state index contributed by atoms with van der Waals surface area (Å²) in [6.45, 7) is 10.2. The summed E-state index contributed by atoms with van der Waals surface area (Å²) in [5.74, 6) is 0. The van der Waals surface area contributed by atoms with E-state index in [0.29, 0.717) is 5.25 Å². The molecule has 1 atom stereocenters. The molecule has 0 saturated carbocycles. The smallest absolute Gasteiger partial charge is 0.0375 e. The third-order valence-electron chi connectivity index (χ3n) is 2.26. The maximum absolute atomic E-state index is 5.63. The molecule has 1 heterocycles. The summed E-state index contributed by atoms with van der Waals surface area (Å²) >= 11 is 1.94. The molecule has 1 nitrogen and oxygen atoms in total. The molecular weight excluding hydrogens is 226 g/mol. The Morgan fingerprint density at radius 3 is 2.00 bits per heavy atom. The highest BCUT2D eigenvalue weighted by Gasteiger charge is 2.16. The van der Waals surface area contributed by atoms with Gasteiger partial charge >= 0.3 is 0 Å². The van der Waals surface area contributed by atoms with Gasteiger partial charge in [-0.2, -0.15) is 0 Å². The molecular formula is C15H25NS. The van der Waals surface area contributed by atoms with Crippen LogP contribution in [0.2, 0.25) is 0 Å². The van der Waals surface area contributed by atoms with Crippen molar-refractivity contribution in [3.05, 3.63) is 40.8 Å². The van der Waals surface area contributed by atoms with Gasteiger partial charge in [-0.05, 0) is 35.9 Å². The third-order valence-corrected chi connectivity index (χ3v) is 3.54. The van der Waals surface area contributed by atoms with Crippen molar-refractivity contribution < 1.29 is 0 Å². The van der Waals surface area contributed by atoms with Crippen molar-refractivity contribution in [2.24, 2.45) is 0 Å². The standard InChI is InChI=1S/C11H13NS.2C2H6/c1-8-2-7-11(13-8)9-3-5-10(12)6-4-9;2*1-2/h2-6,11H,7,12H2,1H3;2*1-2H3. The second-order valence-electron chi connectivity index (χ2n) is 3.32. The number of hydrogen-bond donors (Lipinski definition) is 1. The molecule has 0 bridgehead atoms. The van der Waals surface area contributed by atoms with E-state index in [1.54, 1.807) is 0 Å². The molecule has 2 rings (SSSR count). The molecule has 1 unspecified atom stereocenters. The Morgan fingerprint density at radius 2 is 1.59 bits per heavy atom. The van der Waals surface area contributed by atoms with Crippen LogP contribution in [0.4, 0.5) is 5.69 Å². The fourth-order valence-corrected chi connectivity index (χ4v) is 2.64. The minimum atomic E-state index is 0.612. The average Bonchev–Trinajstić information content (AvgIpc) is 2.82. The van der Waals surface area contributed by atoms with Gasteiger partial charge in [0.2, 0.25) is 0 Å². The lowest BCUT2D eigenvalue weighted by Gasteiger charge is -2.09. The Morgan fingerprint density at radius 1 is 1.06 bits per heavy atom. The molecule has 1 aliphatic rings. The van der Waals surface area contributed by atoms with Crippen molar-refractivity contribution >= 4 is 17.4 Å². The van der Waals surface area contributed by atoms with Gasteiger partial charge in [-0.15, -0.1) is 11.8 Å². The zero-order valence-corrected chi connectivity index (χ0v) is 12.5. The summed E-state index contributed by atoms with van der Waals surface area (Å²) < 4.78 is 0. The number of nitrogen functional groups attached to an aromatic ring is 1. The monoisotopic (exact) mass is 251 g/mol. The highest BCUT2D eigenvalue weighted by Crippen LogP contribution is 2.43. The number of rotatable bonds is 1. The molecule has 2 N–H and O–H groups in total. The Bertz CT molecular complexity index is 327. The highest BCUT2D eigenvalue weighted by atomic mass is 32.2. The second-order valence-corrected chi connectivity index (χ2v) is 4.77. The van der Waals surface area contributed by atoms with Crippen LogP contribution < -0.4 is 5.73 Å². The summed E-state index contributed by atoms with van der Waals surface area (Å²) in [4.78, 5) is 1.43. The molecule has 0 aromatic heterocycles. The van der Waals surface area contributed by atoms with Crippen LogP contribution in [0.1, 0.15) is 51.9 Å². The highest BCUT2D eigenvalue weighted by molar-refractivity contribution is 8.03. The number of anilines is 1. The van der Waals surface area contributed by atoms with E-state index in [2.05, 4.69) is 25.1 Å². The van der Waals surface area contributed by atoms with E-state index in [4.69, 9.17) is 5.73 Å². The van der Waals surface area contributed by atoms with Gasteiger partial charge in [-0.1, -0.05) is 45.9 Å². The van der Waals surface area contributed by atoms with E-state index < -0.39 is 0 Å². The van der Waals surface area contributed by atoms with Crippen LogP contribution in [0.3, 0.4) is 0 Å². The van der Waals surface area contributed by atoms with Gasteiger partial charge in [0.05, 0.1) is 0 Å². The van der Waals surface area contributed by atoms with E-state index >= 15 is 0 Å². The number of allylic oxidation sites excluding steroid dienone is 2. The van der Waals surface area contributed by atoms with Crippen molar-refractivity contribution in [1.82, 2.24) is 0 Å². The van der Waals surface area contributed by atoms with Gasteiger partial charge in [-0.3, -0.25) is 0 Å². The molecule has 1 aromatic carbocycles. The van der Waals surface area contributed by atoms with Gasteiger partial charge in [0.1, 0.15) is 0 Å². The molecule has 1 aliphatic heterocycles. The van der Waals surface area contributed by atoms with Crippen LogP contribution in [0, 0.1) is 0 Å². The second kappa shape index (κ2) is 9.17. The molecule has 0 fully saturated rings. The summed E-state index contributed by atoms with van der Waals surface area (Å²) in [6.07, 6.45) is 3.45. The zero-order chi connectivity index (χ0) is 13.3. The van der Waals surface area contributed by atoms with Crippen LogP contribution in [-0.2, 0) is 0 Å². The van der Waals surface area contributed by atoms with E-state index in [0.717, 1.165) is 12.1 Å². The van der Waals surface area contributed by atoms with Crippen molar-refractivity contribution in [1.29, 1.82) is 0 Å². The molecule has 96 valence electrons. The Kier molecular flexibility index (Phi) is 8.69. The van der Waals surface area contributed by atoms with Gasteiger partial charge in [-0.25, -0.2) is 0 Å². The number of benzene rings is 1. The lowest BCUT2D eigenvalue weighted by molar-refractivity contribution is 0.990. The molecule has 0 radical (unpaired) electrons. The summed E-state index contributed by atoms with van der Waals surface area (Å²) in [6, 6.07) is 8.20. The maximum Gasteiger partial charge on any atom is 0.0375 e. The zero-order valence-electron chi connectivity index (χ0n) is 11.7. The first kappa shape index (κ1) is 16.1. The Labute approximate surface area is 110 Å². The van der Waals surface area contributed by atoms with Crippen molar-refractivity contribution in [3.63, 3.8) is 0 Å². The Hall–Kier alpha value is -0.890. The van der Waals surface area contributed by atoms with Crippen LogP contribution in [0.5, 0.6) is 0 Å². The van der Waals surface area contributed by atoms with Crippen LogP contribution in [0.15, 0.2) is 35.2 Å². The average molecular weight is 251 g/mol. The topological polar surface area (TPSA) is 26.0 Å². The van der Waals surface area contributed by atoms with E-state index in [1.807, 2.05) is 51.6 Å². The summed E-state index contributed by atoms with van der Waals surface area (Å²) in [5.41, 5.74) is 7.86. The molecule has 0 spiro atoms. The predicted octanol–water partition coefficient (Wildman–Crippen LogP) is 5.40. The number of nitrogens with two attached hydrogens (primary N) is 1. The van der Waals surface area contributed by atoms with E-state index in [-0.39, 0.29) is 0 Å². The van der Waals surface area contributed by atoms with Crippen molar-refractivity contribution in [3.8, 4) is 0 Å². The summed E-state index contributed by atoms with van der Waals surface area (Å²) in [5, 5.41) is 0.612. The molecule has 0 amide bonds. The van der Waals surface area contributed by atoms with Gasteiger partial charge < -0.3 is 5.73 Å². The fraction of sp³-hybridized carbons (Fsp3) is 0.467. The number of hydrogen-bond acceptors (Lipinski definition) is 2. The number of thioether (sulfide) groups is 1. The van der Waals surface area contributed by atoms with Crippen LogP contribution in [-0.4, -0.2) is 0 Å². The molecule has 2 heteroatoms. The minimum absolute atomic E-state index is 0.612. The van der Waals surface area contributed by atoms with Crippen molar-refractivity contribution in [2.75, 3.05) is 5.73 Å². The summed E-state index contributed by atoms with van der Waals surface area (Å²) in [7, 11) is 0. The van der Waals surface area contributed by atoms with Crippen LogP contribution in [0.25, 0.3) is 0 Å². The van der Waals surface area contributed by atoms with E-state index in [9.17, 15) is 0 Å². The quantitative estimate of drug-likeness (QED) is 0.676. The SMILES string of the molecule is CC.CC.CC1=CCC(c2ccc(N)cc2)S1. The first-order valence-electron chi connectivity index (χ1n) is 6.44. The molecule has 17 heavy (non-hydrogen) atoms. The Balaban J connectivity index is 0.000000581. The lowest BCUT2D eigenvalue weighted by Crippen LogP contribution is -1.90. The fourth-order valence-electron chi connectivity index (χ4n) is 1.51. The first-order valence-corrected chi connectivity index (χ1v) is 7.32. The third kappa shape index (κ3) is 5.31. The van der Waals surface area contributed by atoms with Gasteiger partial charge in [0, 0.05) is 10.9 Å². The van der Waals surface area contributed by atoms with Crippen LogP contribution >= 0.6 is 11.8 Å². The maximum atomic E-state index is 5.63. The molecule has 1 aromatic rings. The minimum Gasteiger partial charge on any atom is -0.399 e. The van der Waals surface area contributed by atoms with E-state index in [1.165, 1.54) is 10.5 Å². The van der Waals surface area contributed by atoms with Gasteiger partial charge in [0.15, 0.2) is 0 Å². The largest absolute Gasteiger partial charge is 0.399 e. The lowest BCUT2D eigenvalue weighted by atomic mass is 10.1. The van der Waals surface area contributed by atoms with Crippen molar-refractivity contribution in [2.45, 2.75) is 46.3 Å².